The van der Waals surface area contributed by atoms with E-state index in [1.807, 2.05) is 7.11 Å². The lowest BCUT2D eigenvalue weighted by Crippen LogP contribution is -2.43. The first-order valence-electron chi connectivity index (χ1n) is 9.14. The van der Waals surface area contributed by atoms with Gasteiger partial charge in [0.25, 0.3) is 0 Å². The Bertz CT molecular complexity index is 573. The maximum atomic E-state index is 6.23. The van der Waals surface area contributed by atoms with Gasteiger partial charge in [0, 0.05) is 19.6 Å². The molecule has 1 unspecified atom stereocenters. The molecule has 0 aliphatic heterocycles. The van der Waals surface area contributed by atoms with Crippen molar-refractivity contribution in [2.75, 3.05) is 20.2 Å². The van der Waals surface area contributed by atoms with Crippen LogP contribution in [0.25, 0.3) is 0 Å². The summed E-state index contributed by atoms with van der Waals surface area (Å²) in [5.41, 5.74) is 2.02. The molecule has 1 saturated carbocycles. The van der Waals surface area contributed by atoms with Crippen LogP contribution in [0.5, 0.6) is 0 Å². The minimum atomic E-state index is -0.421. The van der Waals surface area contributed by atoms with E-state index in [2.05, 4.69) is 72.9 Å². The van der Waals surface area contributed by atoms with Gasteiger partial charge in [-0.15, -0.1) is 12.4 Å². The lowest BCUT2D eigenvalue weighted by molar-refractivity contribution is -0.0234. The van der Waals surface area contributed by atoms with E-state index in [0.717, 1.165) is 19.0 Å². The number of hydrogen-bond donors (Lipinski definition) is 1. The Morgan fingerprint density at radius 2 is 1.52 bits per heavy atom. The van der Waals surface area contributed by atoms with Crippen molar-refractivity contribution in [3.05, 3.63) is 71.8 Å². The highest BCUT2D eigenvalue weighted by Crippen LogP contribution is 2.40. The number of ether oxygens (including phenoxy) is 1. The molecule has 3 rings (SSSR count). The molecule has 136 valence electrons. The van der Waals surface area contributed by atoms with Crippen molar-refractivity contribution in [1.82, 2.24) is 5.32 Å². The van der Waals surface area contributed by atoms with Gasteiger partial charge in [-0.25, -0.2) is 0 Å². The lowest BCUT2D eigenvalue weighted by atomic mass is 9.76. The summed E-state index contributed by atoms with van der Waals surface area (Å²) >= 11 is 0. The molecule has 1 aliphatic rings. The topological polar surface area (TPSA) is 21.3 Å². The highest BCUT2D eigenvalue weighted by molar-refractivity contribution is 5.85. The van der Waals surface area contributed by atoms with Gasteiger partial charge in [-0.1, -0.05) is 74.0 Å². The normalized spacial score (nSPS) is 15.9. The van der Waals surface area contributed by atoms with Crippen molar-refractivity contribution in [2.45, 2.75) is 31.8 Å². The molecule has 0 heterocycles. The standard InChI is InChI=1S/C22H29NO.ClH/c1-18(16-23-17-19-10-9-11-19)22(24-2,20-12-5-3-6-13-20)21-14-7-4-8-15-21;/h3-8,12-15,18-19,23H,9-11,16-17H2,1-2H3;1H. The lowest BCUT2D eigenvalue weighted by Gasteiger charge is -2.39. The predicted molar refractivity (Wildman–Crippen MR) is 107 cm³/mol. The summed E-state index contributed by atoms with van der Waals surface area (Å²) in [4.78, 5) is 0. The first kappa shape index (κ1) is 20.0. The van der Waals surface area contributed by atoms with Gasteiger partial charge < -0.3 is 10.1 Å². The average Bonchev–Trinajstić information content (AvgIpc) is 2.60. The van der Waals surface area contributed by atoms with Crippen LogP contribution in [0, 0.1) is 11.8 Å². The van der Waals surface area contributed by atoms with Gasteiger partial charge in [-0.3, -0.25) is 0 Å². The fraction of sp³-hybridized carbons (Fsp3) is 0.455. The summed E-state index contributed by atoms with van der Waals surface area (Å²) in [6.07, 6.45) is 4.17. The molecule has 0 amide bonds. The number of benzene rings is 2. The van der Waals surface area contributed by atoms with Crippen LogP contribution in [0.4, 0.5) is 0 Å². The van der Waals surface area contributed by atoms with Gasteiger partial charge in [0.05, 0.1) is 0 Å². The highest BCUT2D eigenvalue weighted by atomic mass is 35.5. The molecule has 0 aromatic heterocycles. The van der Waals surface area contributed by atoms with E-state index in [9.17, 15) is 0 Å². The molecule has 1 N–H and O–H groups in total. The van der Waals surface area contributed by atoms with E-state index < -0.39 is 5.60 Å². The van der Waals surface area contributed by atoms with E-state index in [0.29, 0.717) is 5.92 Å². The van der Waals surface area contributed by atoms with Gasteiger partial charge in [0.15, 0.2) is 0 Å². The molecule has 1 fully saturated rings. The number of halogens is 1. The fourth-order valence-corrected chi connectivity index (χ4v) is 3.89. The molecule has 25 heavy (non-hydrogen) atoms. The number of nitrogens with one attached hydrogen (secondary N) is 1. The van der Waals surface area contributed by atoms with Crippen LogP contribution in [-0.4, -0.2) is 20.2 Å². The van der Waals surface area contributed by atoms with Crippen molar-refractivity contribution in [3.63, 3.8) is 0 Å². The quantitative estimate of drug-likeness (QED) is 0.714. The first-order chi connectivity index (χ1) is 11.8. The van der Waals surface area contributed by atoms with Crippen LogP contribution in [0.1, 0.15) is 37.3 Å². The SMILES string of the molecule is COC(c1ccccc1)(c1ccccc1)C(C)CNCC1CCC1.Cl. The second-order valence-corrected chi connectivity index (χ2v) is 7.03. The number of methoxy groups -OCH3 is 1. The monoisotopic (exact) mass is 359 g/mol. The first-order valence-corrected chi connectivity index (χ1v) is 9.14. The Balaban J connectivity index is 0.00000225. The van der Waals surface area contributed by atoms with Gasteiger partial charge in [-0.2, -0.15) is 0 Å². The van der Waals surface area contributed by atoms with Crippen LogP contribution >= 0.6 is 12.4 Å². The maximum Gasteiger partial charge on any atom is 0.121 e. The van der Waals surface area contributed by atoms with Crippen molar-refractivity contribution >= 4 is 12.4 Å². The van der Waals surface area contributed by atoms with Gasteiger partial charge in [0.1, 0.15) is 5.60 Å². The van der Waals surface area contributed by atoms with Crippen molar-refractivity contribution in [2.24, 2.45) is 11.8 Å². The predicted octanol–water partition coefficient (Wildman–Crippen LogP) is 5.02. The van der Waals surface area contributed by atoms with Crippen LogP contribution < -0.4 is 5.32 Å². The Morgan fingerprint density at radius 1 is 1.00 bits per heavy atom. The number of rotatable bonds is 8. The molecular weight excluding hydrogens is 330 g/mol. The molecule has 1 atom stereocenters. The number of hydrogen-bond acceptors (Lipinski definition) is 2. The Morgan fingerprint density at radius 3 is 1.92 bits per heavy atom. The molecule has 0 bridgehead atoms. The summed E-state index contributed by atoms with van der Waals surface area (Å²) in [6, 6.07) is 21.2. The van der Waals surface area contributed by atoms with Crippen molar-refractivity contribution in [1.29, 1.82) is 0 Å². The van der Waals surface area contributed by atoms with E-state index in [4.69, 9.17) is 4.74 Å². The molecular formula is C22H30ClNO. The molecule has 0 radical (unpaired) electrons. The van der Waals surface area contributed by atoms with E-state index in [-0.39, 0.29) is 12.4 Å². The largest absolute Gasteiger partial charge is 0.368 e. The summed E-state index contributed by atoms with van der Waals surface area (Å²) in [5.74, 6) is 1.20. The molecule has 2 nitrogen and oxygen atoms in total. The van der Waals surface area contributed by atoms with Gasteiger partial charge in [-0.05, 0) is 36.4 Å². The molecule has 3 heteroatoms. The van der Waals surface area contributed by atoms with Crippen LogP contribution in [-0.2, 0) is 10.3 Å². The van der Waals surface area contributed by atoms with Crippen LogP contribution in [0.15, 0.2) is 60.7 Å². The average molecular weight is 360 g/mol. The third kappa shape index (κ3) is 4.25. The molecule has 1 aliphatic carbocycles. The Labute approximate surface area is 158 Å². The summed E-state index contributed by atoms with van der Waals surface area (Å²) in [6.45, 7) is 4.37. The highest BCUT2D eigenvalue weighted by Gasteiger charge is 2.39. The van der Waals surface area contributed by atoms with Gasteiger partial charge >= 0.3 is 0 Å². The summed E-state index contributed by atoms with van der Waals surface area (Å²) in [7, 11) is 1.84. The van der Waals surface area contributed by atoms with Crippen molar-refractivity contribution in [3.8, 4) is 0 Å². The molecule has 0 spiro atoms. The summed E-state index contributed by atoms with van der Waals surface area (Å²) in [5, 5.41) is 3.69. The Hall–Kier alpha value is -1.35. The van der Waals surface area contributed by atoms with Crippen LogP contribution in [0.2, 0.25) is 0 Å². The smallest absolute Gasteiger partial charge is 0.121 e. The maximum absolute atomic E-state index is 6.23. The van der Waals surface area contributed by atoms with E-state index in [1.54, 1.807) is 0 Å². The van der Waals surface area contributed by atoms with E-state index >= 15 is 0 Å². The Kier molecular flexibility index (Phi) is 7.49. The minimum absolute atomic E-state index is 0. The van der Waals surface area contributed by atoms with Crippen LogP contribution in [0.3, 0.4) is 0 Å². The van der Waals surface area contributed by atoms with E-state index in [1.165, 1.54) is 30.4 Å². The molecule has 2 aromatic carbocycles. The fourth-order valence-electron chi connectivity index (χ4n) is 3.89. The van der Waals surface area contributed by atoms with Crippen molar-refractivity contribution < 1.29 is 4.74 Å². The third-order valence-electron chi connectivity index (χ3n) is 5.53. The van der Waals surface area contributed by atoms with Gasteiger partial charge in [0.2, 0.25) is 0 Å². The molecule has 2 aromatic rings. The second-order valence-electron chi connectivity index (χ2n) is 7.03. The zero-order valence-electron chi connectivity index (χ0n) is 15.3. The third-order valence-corrected chi connectivity index (χ3v) is 5.53. The second kappa shape index (κ2) is 9.38. The molecule has 0 saturated heterocycles. The zero-order chi connectivity index (χ0) is 16.8. The summed E-state index contributed by atoms with van der Waals surface area (Å²) < 4.78 is 6.23. The zero-order valence-corrected chi connectivity index (χ0v) is 16.1. The minimum Gasteiger partial charge on any atom is -0.368 e.